The molecule has 0 aliphatic carbocycles. The first-order valence-corrected chi connectivity index (χ1v) is 42.0. The quantitative estimate of drug-likeness (QED) is 0.130. The van der Waals surface area contributed by atoms with Crippen molar-refractivity contribution >= 4 is 34.2 Å². The number of carbonyl (C=O) groups is 2. The Bertz CT molecular complexity index is 2950. The van der Waals surface area contributed by atoms with Crippen molar-refractivity contribution in [3.8, 4) is 0 Å². The molecule has 0 aromatic carbocycles. The lowest BCUT2D eigenvalue weighted by Gasteiger charge is -2.47. The third-order valence-corrected chi connectivity index (χ3v) is 29.1. The van der Waals surface area contributed by atoms with Crippen LogP contribution in [0.15, 0.2) is 48.6 Å². The number of rotatable bonds is 8. The van der Waals surface area contributed by atoms with E-state index in [2.05, 4.69) is 62.8 Å². The van der Waals surface area contributed by atoms with Gasteiger partial charge < -0.3 is 95.5 Å². The Morgan fingerprint density at radius 2 is 0.817 bits per heavy atom. The molecule has 580 valence electrons. The summed E-state index contributed by atoms with van der Waals surface area (Å²) >= 11 is 2.20. The fraction of sp³-hybridized carbons (Fsp3) is 0.877. The van der Waals surface area contributed by atoms with Crippen LogP contribution in [-0.2, 0) is 94.9 Å². The van der Waals surface area contributed by atoms with Gasteiger partial charge in [-0.3, -0.25) is 9.59 Å². The van der Waals surface area contributed by atoms with Gasteiger partial charge in [-0.25, -0.2) is 0 Å². The van der Waals surface area contributed by atoms with Crippen LogP contribution in [0.25, 0.3) is 0 Å². The lowest BCUT2D eigenvalue weighted by Crippen LogP contribution is -2.61. The van der Waals surface area contributed by atoms with E-state index in [4.69, 9.17) is 85.3 Å². The Kier molecular flexibility index (Phi) is 22.1. The Hall–Kier alpha value is -1.77. The molecule has 2 N–H and O–H groups in total. The summed E-state index contributed by atoms with van der Waals surface area (Å²) in [6.45, 7) is 24.3. The minimum atomic E-state index is -0.773. The number of ether oxygens (including phenoxy) is 18. The molecular formula is C81H117IO22. The minimum absolute atomic E-state index is 0.00556. The number of alkyl halides is 1. The number of Topliss-reactive ketones (excluding diaryl/α,β-unsaturated/α-hetero) is 2. The average Bonchev–Trinajstić information content (AvgIpc) is 1.46. The van der Waals surface area contributed by atoms with Crippen LogP contribution in [0.5, 0.6) is 0 Å². The molecule has 20 heterocycles. The van der Waals surface area contributed by atoms with Gasteiger partial charge in [-0.1, -0.05) is 69.7 Å². The summed E-state index contributed by atoms with van der Waals surface area (Å²) in [6.07, 6.45) is 12.0. The van der Waals surface area contributed by atoms with E-state index in [1.807, 2.05) is 6.92 Å². The highest BCUT2D eigenvalue weighted by atomic mass is 127. The van der Waals surface area contributed by atoms with Crippen molar-refractivity contribution in [1.29, 1.82) is 0 Å². The fourth-order valence-electron chi connectivity index (χ4n) is 22.6. The molecule has 20 aliphatic rings. The highest BCUT2D eigenvalue weighted by Gasteiger charge is 2.71. The molecule has 38 unspecified atom stereocenters. The van der Waals surface area contributed by atoms with Crippen LogP contribution in [0.4, 0.5) is 0 Å². The second-order valence-electron chi connectivity index (χ2n) is 34.9. The van der Waals surface area contributed by atoms with E-state index < -0.39 is 23.8 Å². The summed E-state index contributed by atoms with van der Waals surface area (Å²) in [5, 5.41) is 21.3. The molecule has 38 atom stereocenters. The summed E-state index contributed by atoms with van der Waals surface area (Å²) in [4.78, 5) is 28.1. The van der Waals surface area contributed by atoms with Gasteiger partial charge in [0.25, 0.3) is 0 Å². The molecular weight excluding hydrogens is 1450 g/mol. The van der Waals surface area contributed by atoms with Crippen molar-refractivity contribution in [3.05, 3.63) is 48.6 Å². The third kappa shape index (κ3) is 14.6. The molecule has 24 bridgehead atoms. The van der Waals surface area contributed by atoms with Crippen LogP contribution in [0, 0.1) is 23.7 Å². The molecule has 20 rings (SSSR count). The Labute approximate surface area is 627 Å². The highest BCUT2D eigenvalue weighted by Crippen LogP contribution is 2.57. The number of hydrogen-bond donors (Lipinski definition) is 2. The van der Waals surface area contributed by atoms with Crippen molar-refractivity contribution in [2.45, 2.75) is 401 Å². The molecule has 0 aromatic heterocycles. The molecule has 22 nitrogen and oxygen atoms in total. The number of hydrogen-bond acceptors (Lipinski definition) is 22. The zero-order chi connectivity index (χ0) is 71.8. The Balaban J connectivity index is 0.000000154. The van der Waals surface area contributed by atoms with Gasteiger partial charge >= 0.3 is 0 Å². The highest BCUT2D eigenvalue weighted by molar-refractivity contribution is 14.1. The van der Waals surface area contributed by atoms with E-state index >= 15 is 0 Å². The van der Waals surface area contributed by atoms with Crippen molar-refractivity contribution in [1.82, 2.24) is 0 Å². The summed E-state index contributed by atoms with van der Waals surface area (Å²) in [5.74, 6) is -1.06. The predicted molar refractivity (Wildman–Crippen MR) is 384 cm³/mol. The largest absolute Gasteiger partial charge is 0.393 e. The maximum atomic E-state index is 14.1. The number of aliphatic hydroxyl groups is 2. The standard InChI is InChI=1S/C41H60O11.C40H57IO11/c1-6-23(42)17-33-35(44-5)28-16-24(43)15-26-8-10-30-36(47-26)40-39-38(49-30)37-34(50-39)19-41(51-37,52-40)12-11-27-14-21(3)29(45-27)9-7-25-13-20(2)22(4)31(46-25)18-32(28)48-33;1-19-11-24-5-7-28-20(2)12-26(45-28)9-10-40-17-33-36(51-40)37-38(50-33)39(52-40)35-29(49-37)8-6-25(47-35)13-22(42)14-27-31(16-30(46-24)21(19)3)48-32(34(27)44-4)15-23(43)18-41/h20,23,25-40,42H,3-4,6-19H2,1-2,5H3;19,23-39,43H,2-3,5-18H2,1,4H3. The molecule has 2 spiro atoms. The predicted octanol–water partition coefficient (Wildman–Crippen LogP) is 9.80. The van der Waals surface area contributed by atoms with Crippen LogP contribution < -0.4 is 0 Å². The van der Waals surface area contributed by atoms with Crippen molar-refractivity contribution in [2.75, 3.05) is 18.6 Å². The molecule has 20 saturated heterocycles. The maximum absolute atomic E-state index is 14.1. The van der Waals surface area contributed by atoms with E-state index in [1.54, 1.807) is 14.2 Å². The van der Waals surface area contributed by atoms with Gasteiger partial charge in [-0.05, 0) is 130 Å². The smallest absolute Gasteiger partial charge is 0.172 e. The van der Waals surface area contributed by atoms with Gasteiger partial charge in [-0.15, -0.1) is 0 Å². The molecule has 23 heteroatoms. The molecule has 0 radical (unpaired) electrons. The zero-order valence-corrected chi connectivity index (χ0v) is 64.0. The van der Waals surface area contributed by atoms with Crippen LogP contribution in [0.2, 0.25) is 0 Å². The molecule has 20 aliphatic heterocycles. The minimum Gasteiger partial charge on any atom is -0.393 e. The lowest BCUT2D eigenvalue weighted by atomic mass is 9.81. The molecule has 0 amide bonds. The molecule has 0 aromatic rings. The molecule has 0 saturated carbocycles. The first-order chi connectivity index (χ1) is 50.2. The SMILES string of the molecule is C=C1CC2CCC34CC5OC6C(OC7CCC(CC(=O)CC8C(CC9OC(CCC1O2)CC(C)C9=C)OC(CC(O)CC)C8OC)OC7C6O3)C5O4.C=C1CC2CCC34CC5OC6C(OC7CCC(CC(=O)CC8C(CC9OC(CCC1O2)CC(C)C9=C)OC(CC(O)CI)C8OC)OC7C6O3)C5O4. The van der Waals surface area contributed by atoms with Gasteiger partial charge in [0.15, 0.2) is 11.6 Å². The number of halogens is 1. The number of carbonyl (C=O) groups excluding carboxylic acids is 2. The van der Waals surface area contributed by atoms with Crippen LogP contribution >= 0.6 is 22.6 Å². The third-order valence-electron chi connectivity index (χ3n) is 28.1. The summed E-state index contributed by atoms with van der Waals surface area (Å²) < 4.78 is 121. The topological polar surface area (TPSA) is 241 Å². The van der Waals surface area contributed by atoms with Crippen LogP contribution in [-0.4, -0.2) is 247 Å². The number of fused-ring (bicyclic) bond motifs is 12. The monoisotopic (exact) mass is 1570 g/mol. The van der Waals surface area contributed by atoms with Gasteiger partial charge in [0.1, 0.15) is 72.6 Å². The summed E-state index contributed by atoms with van der Waals surface area (Å²) in [5.41, 5.74) is 4.45. The lowest BCUT2D eigenvalue weighted by molar-refractivity contribution is -0.292. The Morgan fingerprint density at radius 3 is 1.25 bits per heavy atom. The normalized spacial score (nSPS) is 52.4. The van der Waals surface area contributed by atoms with E-state index in [1.165, 1.54) is 0 Å². The number of ketones is 2. The van der Waals surface area contributed by atoms with Gasteiger partial charge in [-0.2, -0.15) is 0 Å². The average molecular weight is 1570 g/mol. The summed E-state index contributed by atoms with van der Waals surface area (Å²) in [7, 11) is 3.38. The number of aliphatic hydroxyl groups excluding tert-OH is 2. The Morgan fingerprint density at radius 1 is 0.423 bits per heavy atom. The fourth-order valence-corrected chi connectivity index (χ4v) is 23.0. The first kappa shape index (κ1) is 74.9. The van der Waals surface area contributed by atoms with Gasteiger partial charge in [0.2, 0.25) is 0 Å². The first-order valence-electron chi connectivity index (χ1n) is 40.5. The van der Waals surface area contributed by atoms with E-state index in [0.717, 1.165) is 112 Å². The van der Waals surface area contributed by atoms with Crippen molar-refractivity contribution in [2.24, 2.45) is 23.7 Å². The zero-order valence-electron chi connectivity index (χ0n) is 61.8. The van der Waals surface area contributed by atoms with E-state index in [0.29, 0.717) is 99.7 Å². The van der Waals surface area contributed by atoms with Crippen LogP contribution in [0.1, 0.15) is 194 Å². The summed E-state index contributed by atoms with van der Waals surface area (Å²) in [6, 6.07) is 0. The molecule has 20 fully saturated rings. The maximum Gasteiger partial charge on any atom is 0.172 e. The van der Waals surface area contributed by atoms with Crippen LogP contribution in [0.3, 0.4) is 0 Å². The second-order valence-corrected chi connectivity index (χ2v) is 35.8. The van der Waals surface area contributed by atoms with E-state index in [9.17, 15) is 19.8 Å². The van der Waals surface area contributed by atoms with Gasteiger partial charge in [0, 0.05) is 108 Å². The second kappa shape index (κ2) is 30.6. The van der Waals surface area contributed by atoms with Crippen molar-refractivity contribution in [3.63, 3.8) is 0 Å². The van der Waals surface area contributed by atoms with E-state index in [-0.39, 0.29) is 207 Å². The number of methoxy groups -OCH3 is 2. The van der Waals surface area contributed by atoms with Crippen molar-refractivity contribution < 1.29 is 105 Å². The van der Waals surface area contributed by atoms with Gasteiger partial charge in [0.05, 0.1) is 134 Å². The molecule has 104 heavy (non-hydrogen) atoms.